The summed E-state index contributed by atoms with van der Waals surface area (Å²) in [5.41, 5.74) is 14.5. The molecule has 0 saturated carbocycles. The second kappa shape index (κ2) is 13.5. The van der Waals surface area contributed by atoms with Gasteiger partial charge in [-0.1, -0.05) is 40.0 Å². The SMILES string of the molecule is CCCCCCOC(C)c1c(C)c2cc3nc(c4c5[nH]c(cc6nc(cc1[nH]2)C(C)=C6CC)c(C)c5C(=O)C4)[C@@H](CCC(O)O)C3C. The number of allylic oxidation sites excluding steroid dienone is 2. The number of rotatable bonds is 11. The van der Waals surface area contributed by atoms with E-state index in [1.165, 1.54) is 24.8 Å². The molecule has 4 N–H and O–H groups in total. The molecule has 5 heterocycles. The zero-order valence-electron chi connectivity index (χ0n) is 29.0. The van der Waals surface area contributed by atoms with Crippen LogP contribution in [0.25, 0.3) is 33.2 Å². The molecule has 0 aromatic carbocycles. The Kier molecular flexibility index (Phi) is 9.57. The number of H-pyrrole nitrogens is 2. The van der Waals surface area contributed by atoms with Gasteiger partial charge in [-0.2, -0.15) is 0 Å². The normalized spacial score (nSPS) is 18.2. The minimum Gasteiger partial charge on any atom is -0.374 e. The largest absolute Gasteiger partial charge is 0.374 e. The number of aromatic nitrogens is 4. The lowest BCUT2D eigenvalue weighted by Crippen LogP contribution is -2.10. The molecule has 8 heteroatoms. The van der Waals surface area contributed by atoms with Gasteiger partial charge in [-0.05, 0) is 93.9 Å². The van der Waals surface area contributed by atoms with Crippen molar-refractivity contribution in [3.8, 4) is 0 Å². The molecule has 3 aliphatic rings. The highest BCUT2D eigenvalue weighted by atomic mass is 16.5. The summed E-state index contributed by atoms with van der Waals surface area (Å²) in [6.07, 6.45) is 5.03. The molecule has 3 aromatic heterocycles. The highest BCUT2D eigenvalue weighted by molar-refractivity contribution is 6.13. The van der Waals surface area contributed by atoms with E-state index in [2.05, 4.69) is 69.7 Å². The second-order valence-electron chi connectivity index (χ2n) is 13.7. The van der Waals surface area contributed by atoms with Crippen molar-refractivity contribution in [2.75, 3.05) is 6.61 Å². The first kappa shape index (κ1) is 33.3. The zero-order chi connectivity index (χ0) is 33.6. The number of aromatic amines is 2. The van der Waals surface area contributed by atoms with Crippen LogP contribution in [0.15, 0.2) is 18.2 Å². The van der Waals surface area contributed by atoms with Crippen LogP contribution in [-0.4, -0.2) is 48.8 Å². The number of hydrogen-bond acceptors (Lipinski definition) is 6. The number of unbranched alkanes of at least 4 members (excludes halogenated alkanes) is 3. The third-order valence-corrected chi connectivity index (χ3v) is 10.7. The molecule has 3 atom stereocenters. The van der Waals surface area contributed by atoms with Crippen molar-refractivity contribution in [1.29, 1.82) is 0 Å². The lowest BCUT2D eigenvalue weighted by atomic mass is 9.85. The lowest BCUT2D eigenvalue weighted by Gasteiger charge is -2.17. The average Bonchev–Trinajstić information content (AvgIpc) is 3.78. The quantitative estimate of drug-likeness (QED) is 0.123. The number of hydrogen-bond donors (Lipinski definition) is 4. The molecule has 3 aromatic rings. The maximum Gasteiger partial charge on any atom is 0.169 e. The van der Waals surface area contributed by atoms with Crippen LogP contribution in [0.3, 0.4) is 0 Å². The number of aliphatic hydroxyl groups excluding tert-OH is 1. The average molecular weight is 639 g/mol. The van der Waals surface area contributed by atoms with Gasteiger partial charge >= 0.3 is 0 Å². The fourth-order valence-electron chi connectivity index (χ4n) is 7.89. The van der Waals surface area contributed by atoms with Gasteiger partial charge in [0.2, 0.25) is 0 Å². The number of carbonyl (C=O) groups excluding carboxylic acids is 1. The summed E-state index contributed by atoms with van der Waals surface area (Å²) in [5, 5.41) is 19.6. The zero-order valence-corrected chi connectivity index (χ0v) is 29.0. The van der Waals surface area contributed by atoms with Gasteiger partial charge in [0.05, 0.1) is 28.7 Å². The van der Waals surface area contributed by atoms with E-state index >= 15 is 0 Å². The molecule has 2 unspecified atom stereocenters. The fourth-order valence-corrected chi connectivity index (χ4v) is 7.89. The topological polar surface area (TPSA) is 124 Å². The summed E-state index contributed by atoms with van der Waals surface area (Å²) in [4.78, 5) is 31.3. The van der Waals surface area contributed by atoms with Crippen LogP contribution in [0.2, 0.25) is 0 Å². The molecule has 2 aliphatic heterocycles. The molecular formula is C39H50N4O4. The highest BCUT2D eigenvalue weighted by Gasteiger charge is 2.36. The summed E-state index contributed by atoms with van der Waals surface area (Å²) in [6.45, 7) is 15.7. The van der Waals surface area contributed by atoms with E-state index in [1.807, 2.05) is 6.92 Å². The van der Waals surface area contributed by atoms with Crippen molar-refractivity contribution < 1.29 is 19.7 Å². The third-order valence-electron chi connectivity index (χ3n) is 10.7. The van der Waals surface area contributed by atoms with Gasteiger partial charge in [0, 0.05) is 63.8 Å². The Balaban J connectivity index is 1.64. The van der Waals surface area contributed by atoms with E-state index in [1.54, 1.807) is 0 Å². The first-order valence-corrected chi connectivity index (χ1v) is 17.5. The Labute approximate surface area is 277 Å². The minimum absolute atomic E-state index is 0.0206. The number of carbonyl (C=O) groups is 1. The highest BCUT2D eigenvalue weighted by Crippen LogP contribution is 2.45. The number of ketones is 1. The first-order valence-electron chi connectivity index (χ1n) is 17.5. The van der Waals surface area contributed by atoms with Crippen molar-refractivity contribution in [3.63, 3.8) is 0 Å². The van der Waals surface area contributed by atoms with Gasteiger partial charge in [0.1, 0.15) is 0 Å². The lowest BCUT2D eigenvalue weighted by molar-refractivity contribution is -0.0476. The smallest absolute Gasteiger partial charge is 0.169 e. The molecule has 47 heavy (non-hydrogen) atoms. The summed E-state index contributed by atoms with van der Waals surface area (Å²) in [5.74, 6) is 0.0583. The van der Waals surface area contributed by atoms with Crippen LogP contribution in [0.1, 0.15) is 153 Å². The van der Waals surface area contributed by atoms with Crippen molar-refractivity contribution in [1.82, 2.24) is 19.9 Å². The van der Waals surface area contributed by atoms with Crippen LogP contribution in [-0.2, 0) is 11.2 Å². The molecule has 6 rings (SSSR count). The number of nitrogens with one attached hydrogen (secondary N) is 2. The van der Waals surface area contributed by atoms with Crippen molar-refractivity contribution >= 4 is 39.0 Å². The molecule has 0 saturated heterocycles. The molecule has 0 spiro atoms. The predicted molar refractivity (Wildman–Crippen MR) is 188 cm³/mol. The Bertz CT molecular complexity index is 1900. The molecule has 0 fully saturated rings. The van der Waals surface area contributed by atoms with Crippen LogP contribution < -0.4 is 0 Å². The van der Waals surface area contributed by atoms with Crippen molar-refractivity contribution in [2.45, 2.75) is 124 Å². The van der Waals surface area contributed by atoms with Crippen molar-refractivity contribution in [2.24, 2.45) is 0 Å². The van der Waals surface area contributed by atoms with E-state index in [4.69, 9.17) is 14.7 Å². The maximum absolute atomic E-state index is 13.5. The van der Waals surface area contributed by atoms with Gasteiger partial charge in [-0.25, -0.2) is 4.98 Å². The molecular weight excluding hydrogens is 588 g/mol. The van der Waals surface area contributed by atoms with Crippen LogP contribution in [0.5, 0.6) is 0 Å². The number of ether oxygens (including phenoxy) is 1. The molecule has 0 amide bonds. The summed E-state index contributed by atoms with van der Waals surface area (Å²) in [6, 6.07) is 6.39. The van der Waals surface area contributed by atoms with E-state index in [0.717, 1.165) is 91.1 Å². The minimum atomic E-state index is -1.40. The summed E-state index contributed by atoms with van der Waals surface area (Å²) >= 11 is 0. The third kappa shape index (κ3) is 6.12. The number of aliphatic hydroxyl groups is 2. The Morgan fingerprint density at radius 2 is 1.70 bits per heavy atom. The molecule has 8 bridgehead atoms. The van der Waals surface area contributed by atoms with E-state index < -0.39 is 6.29 Å². The molecule has 0 radical (unpaired) electrons. The monoisotopic (exact) mass is 638 g/mol. The van der Waals surface area contributed by atoms with Crippen LogP contribution >= 0.6 is 0 Å². The standard InChI is InChI=1S/C39H50N4O4/c1-8-10-11-12-15-47-24(7)36-22(5)30-17-29-21(4)26(13-14-35(45)46)38(42-29)27-16-34(44)37-23(6)31(43-39(27)37)18-32-25(9-2)20(3)28(40-32)19-33(36)41-30/h17-19,21,24,26,35,41,43,45-46H,8-16H2,1-7H3/t21?,24?,26-/m0/s1. The Hall–Kier alpha value is -3.59. The Morgan fingerprint density at radius 1 is 0.957 bits per heavy atom. The van der Waals surface area contributed by atoms with E-state index in [9.17, 15) is 15.0 Å². The second-order valence-corrected chi connectivity index (χ2v) is 13.7. The maximum atomic E-state index is 13.5. The number of fused-ring (bicyclic) bond motifs is 8. The predicted octanol–water partition coefficient (Wildman–Crippen LogP) is 8.65. The molecule has 1 aliphatic carbocycles. The van der Waals surface area contributed by atoms with Gasteiger partial charge < -0.3 is 24.9 Å². The first-order chi connectivity index (χ1) is 22.5. The van der Waals surface area contributed by atoms with Crippen molar-refractivity contribution in [3.05, 3.63) is 68.8 Å². The Morgan fingerprint density at radius 3 is 2.43 bits per heavy atom. The fraction of sp³-hybridized carbons (Fsp3) is 0.513. The van der Waals surface area contributed by atoms with Gasteiger partial charge in [0.15, 0.2) is 12.1 Å². The van der Waals surface area contributed by atoms with Crippen LogP contribution in [0, 0.1) is 13.8 Å². The van der Waals surface area contributed by atoms with Gasteiger partial charge in [-0.15, -0.1) is 0 Å². The number of nitrogens with zero attached hydrogens (tertiary/aromatic N) is 2. The number of Topliss-reactive ketones (excluding diaryl/α,β-unsaturated/α-hetero) is 1. The molecule has 250 valence electrons. The summed E-state index contributed by atoms with van der Waals surface area (Å²) in [7, 11) is 0. The van der Waals surface area contributed by atoms with E-state index in [0.29, 0.717) is 13.0 Å². The van der Waals surface area contributed by atoms with E-state index in [-0.39, 0.29) is 36.6 Å². The molecule has 8 nitrogen and oxygen atoms in total. The van der Waals surface area contributed by atoms with Gasteiger partial charge in [-0.3, -0.25) is 9.78 Å². The number of aryl methyl sites for hydroxylation is 2. The van der Waals surface area contributed by atoms with Gasteiger partial charge in [0.25, 0.3) is 0 Å². The van der Waals surface area contributed by atoms with Crippen LogP contribution in [0.4, 0.5) is 0 Å². The summed E-state index contributed by atoms with van der Waals surface area (Å²) < 4.78 is 6.44.